The smallest absolute Gasteiger partial charge is 0.145 e. The number of benzene rings is 4. The monoisotopic (exact) mass is 383 g/mol. The van der Waals surface area contributed by atoms with Crippen molar-refractivity contribution >= 4 is 49.1 Å². The van der Waals surface area contributed by atoms with E-state index in [0.717, 1.165) is 5.65 Å². The maximum atomic E-state index is 4.66. The van der Waals surface area contributed by atoms with Gasteiger partial charge in [0.1, 0.15) is 5.65 Å². The number of imidazole rings is 1. The second kappa shape index (κ2) is 5.71. The van der Waals surface area contributed by atoms with Gasteiger partial charge in [0.15, 0.2) is 0 Å². The molecule has 0 spiro atoms. The lowest BCUT2D eigenvalue weighted by Crippen LogP contribution is -1.96. The first-order valence-electron chi connectivity index (χ1n) is 10.2. The fourth-order valence-electron chi connectivity index (χ4n) is 4.95. The van der Waals surface area contributed by atoms with Crippen LogP contribution in [0, 0.1) is 0 Å². The zero-order chi connectivity index (χ0) is 19.7. The standard InChI is InChI=1S/C27H17N3/c1-2-8-18(9-3-1)30-23-13-7-6-10-19(23)21-14-15-24-25(26(21)30)20-11-4-5-12-22(20)27-28-16-17-29(24)27/h1-17H. The molecule has 0 amide bonds. The van der Waals surface area contributed by atoms with Crippen LogP contribution in [-0.2, 0) is 0 Å². The number of para-hydroxylation sites is 2. The van der Waals surface area contributed by atoms with Crippen molar-refractivity contribution in [2.75, 3.05) is 0 Å². The molecule has 0 N–H and O–H groups in total. The van der Waals surface area contributed by atoms with Crippen molar-refractivity contribution < 1.29 is 0 Å². The Balaban J connectivity index is 1.87. The largest absolute Gasteiger partial charge is 0.309 e. The van der Waals surface area contributed by atoms with Gasteiger partial charge in [-0.25, -0.2) is 4.98 Å². The van der Waals surface area contributed by atoms with E-state index in [1.165, 1.54) is 49.2 Å². The summed E-state index contributed by atoms with van der Waals surface area (Å²) in [7, 11) is 0. The Morgan fingerprint density at radius 3 is 2.17 bits per heavy atom. The number of pyridine rings is 1. The Labute approximate surface area is 172 Å². The Morgan fingerprint density at radius 2 is 1.30 bits per heavy atom. The summed E-state index contributed by atoms with van der Waals surface area (Å²) in [6.07, 6.45) is 3.95. The molecule has 4 aromatic carbocycles. The van der Waals surface area contributed by atoms with Crippen LogP contribution in [0.3, 0.4) is 0 Å². The highest BCUT2D eigenvalue weighted by atomic mass is 15.0. The molecule has 0 atom stereocenters. The number of rotatable bonds is 1. The molecule has 0 saturated carbocycles. The van der Waals surface area contributed by atoms with Crippen LogP contribution in [0.5, 0.6) is 0 Å². The summed E-state index contributed by atoms with van der Waals surface area (Å²) in [5.41, 5.74) is 5.81. The minimum Gasteiger partial charge on any atom is -0.309 e. The van der Waals surface area contributed by atoms with E-state index in [1.54, 1.807) is 0 Å². The molecule has 0 aliphatic heterocycles. The minimum absolute atomic E-state index is 1.000. The van der Waals surface area contributed by atoms with Gasteiger partial charge in [-0.15, -0.1) is 0 Å². The molecule has 0 aliphatic carbocycles. The summed E-state index contributed by atoms with van der Waals surface area (Å²) < 4.78 is 4.62. The highest BCUT2D eigenvalue weighted by molar-refractivity contribution is 6.26. The Morgan fingerprint density at radius 1 is 0.567 bits per heavy atom. The van der Waals surface area contributed by atoms with E-state index in [2.05, 4.69) is 111 Å². The van der Waals surface area contributed by atoms with Crippen molar-refractivity contribution in [3.05, 3.63) is 103 Å². The van der Waals surface area contributed by atoms with Crippen LogP contribution in [0.15, 0.2) is 103 Å². The van der Waals surface area contributed by atoms with Gasteiger partial charge in [0, 0.05) is 39.6 Å². The molecule has 30 heavy (non-hydrogen) atoms. The van der Waals surface area contributed by atoms with Gasteiger partial charge in [0.05, 0.1) is 16.6 Å². The maximum Gasteiger partial charge on any atom is 0.145 e. The van der Waals surface area contributed by atoms with Gasteiger partial charge < -0.3 is 4.57 Å². The van der Waals surface area contributed by atoms with Gasteiger partial charge in [0.2, 0.25) is 0 Å². The van der Waals surface area contributed by atoms with Crippen molar-refractivity contribution in [1.82, 2.24) is 14.0 Å². The second-order valence-electron chi connectivity index (χ2n) is 7.71. The maximum absolute atomic E-state index is 4.66. The third-order valence-electron chi connectivity index (χ3n) is 6.17. The lowest BCUT2D eigenvalue weighted by atomic mass is 10.0. The molecule has 7 rings (SSSR count). The van der Waals surface area contributed by atoms with Crippen LogP contribution in [-0.4, -0.2) is 14.0 Å². The van der Waals surface area contributed by atoms with Crippen LogP contribution in [0.25, 0.3) is 54.8 Å². The molecule has 0 fully saturated rings. The molecular formula is C27H17N3. The molecule has 3 heteroatoms. The summed E-state index contributed by atoms with van der Waals surface area (Å²) in [5.74, 6) is 0. The Hall–Kier alpha value is -4.11. The number of hydrogen-bond acceptors (Lipinski definition) is 1. The molecule has 140 valence electrons. The quantitative estimate of drug-likeness (QED) is 0.288. The number of aromatic nitrogens is 3. The normalized spacial score (nSPS) is 12.0. The molecule has 0 bridgehead atoms. The molecule has 3 nitrogen and oxygen atoms in total. The third-order valence-corrected chi connectivity index (χ3v) is 6.17. The molecule has 3 aromatic heterocycles. The van der Waals surface area contributed by atoms with E-state index in [4.69, 9.17) is 0 Å². The molecule has 7 aromatic rings. The van der Waals surface area contributed by atoms with Crippen molar-refractivity contribution in [3.8, 4) is 5.69 Å². The molecule has 0 unspecified atom stereocenters. The zero-order valence-electron chi connectivity index (χ0n) is 16.2. The number of hydrogen-bond donors (Lipinski definition) is 0. The summed E-state index contributed by atoms with van der Waals surface area (Å²) in [4.78, 5) is 4.66. The topological polar surface area (TPSA) is 22.2 Å². The van der Waals surface area contributed by atoms with E-state index in [-0.39, 0.29) is 0 Å². The van der Waals surface area contributed by atoms with Crippen LogP contribution in [0.1, 0.15) is 0 Å². The highest BCUT2D eigenvalue weighted by Crippen LogP contribution is 2.40. The van der Waals surface area contributed by atoms with E-state index in [0.29, 0.717) is 0 Å². The Kier molecular flexibility index (Phi) is 3.00. The first-order valence-corrected chi connectivity index (χ1v) is 10.2. The van der Waals surface area contributed by atoms with Crippen LogP contribution in [0.4, 0.5) is 0 Å². The van der Waals surface area contributed by atoms with E-state index in [1.807, 2.05) is 6.20 Å². The molecule has 0 radical (unpaired) electrons. The number of fused-ring (bicyclic) bond motifs is 10. The van der Waals surface area contributed by atoms with Gasteiger partial charge in [0.25, 0.3) is 0 Å². The molecular weight excluding hydrogens is 366 g/mol. The van der Waals surface area contributed by atoms with Gasteiger partial charge >= 0.3 is 0 Å². The van der Waals surface area contributed by atoms with Gasteiger partial charge in [-0.2, -0.15) is 0 Å². The van der Waals surface area contributed by atoms with Crippen molar-refractivity contribution in [3.63, 3.8) is 0 Å². The fraction of sp³-hybridized carbons (Fsp3) is 0. The van der Waals surface area contributed by atoms with Crippen LogP contribution in [0.2, 0.25) is 0 Å². The zero-order valence-corrected chi connectivity index (χ0v) is 16.2. The van der Waals surface area contributed by atoms with Crippen LogP contribution >= 0.6 is 0 Å². The third kappa shape index (κ3) is 1.91. The first-order chi connectivity index (χ1) is 14.9. The predicted molar refractivity (Wildman–Crippen MR) is 125 cm³/mol. The Bertz CT molecular complexity index is 1740. The van der Waals surface area contributed by atoms with E-state index >= 15 is 0 Å². The first kappa shape index (κ1) is 15.8. The molecule has 0 aliphatic rings. The van der Waals surface area contributed by atoms with Gasteiger partial charge in [-0.1, -0.05) is 66.7 Å². The second-order valence-corrected chi connectivity index (χ2v) is 7.71. The summed E-state index contributed by atoms with van der Waals surface area (Å²) in [6.45, 7) is 0. The average molecular weight is 383 g/mol. The van der Waals surface area contributed by atoms with E-state index in [9.17, 15) is 0 Å². The van der Waals surface area contributed by atoms with Gasteiger partial charge in [-0.3, -0.25) is 4.40 Å². The summed E-state index contributed by atoms with van der Waals surface area (Å²) in [5, 5.41) is 6.21. The highest BCUT2D eigenvalue weighted by Gasteiger charge is 2.18. The lowest BCUT2D eigenvalue weighted by molar-refractivity contribution is 1.18. The van der Waals surface area contributed by atoms with Crippen molar-refractivity contribution in [2.24, 2.45) is 0 Å². The van der Waals surface area contributed by atoms with Crippen molar-refractivity contribution in [1.29, 1.82) is 0 Å². The fourth-order valence-corrected chi connectivity index (χ4v) is 4.95. The summed E-state index contributed by atoms with van der Waals surface area (Å²) >= 11 is 0. The van der Waals surface area contributed by atoms with Crippen molar-refractivity contribution in [2.45, 2.75) is 0 Å². The predicted octanol–water partition coefficient (Wildman–Crippen LogP) is 6.74. The van der Waals surface area contributed by atoms with E-state index < -0.39 is 0 Å². The SMILES string of the molecule is c1ccc(-n2c3ccccc3c3ccc4c(c5ccccc5c5nccn45)c32)cc1. The lowest BCUT2D eigenvalue weighted by Gasteiger charge is -2.13. The average Bonchev–Trinajstić information content (AvgIpc) is 3.43. The van der Waals surface area contributed by atoms with Crippen LogP contribution < -0.4 is 0 Å². The summed E-state index contributed by atoms with van der Waals surface area (Å²) in [6, 6.07) is 32.4. The minimum atomic E-state index is 1.000. The molecule has 3 heterocycles. The molecule has 0 saturated heterocycles. The number of nitrogens with zero attached hydrogens (tertiary/aromatic N) is 3. The van der Waals surface area contributed by atoms with Gasteiger partial charge in [-0.05, 0) is 29.7 Å².